The van der Waals surface area contributed by atoms with Crippen molar-refractivity contribution in [1.82, 2.24) is 4.98 Å². The molecular weight excluding hydrogens is 228 g/mol. The van der Waals surface area contributed by atoms with Crippen molar-refractivity contribution >= 4 is 28.3 Å². The number of nitrogens with zero attached hydrogens (tertiary/aromatic N) is 2. The fourth-order valence-electron chi connectivity index (χ4n) is 2.29. The van der Waals surface area contributed by atoms with Crippen molar-refractivity contribution in [3.8, 4) is 0 Å². The summed E-state index contributed by atoms with van der Waals surface area (Å²) in [5.41, 5.74) is 1.71. The average molecular weight is 240 g/mol. The third-order valence-electron chi connectivity index (χ3n) is 3.18. The molecule has 2 aromatic rings. The van der Waals surface area contributed by atoms with Crippen molar-refractivity contribution in [3.05, 3.63) is 36.5 Å². The van der Waals surface area contributed by atoms with Crippen LogP contribution in [0.3, 0.4) is 0 Å². The maximum Gasteiger partial charge on any atom is 0.234 e. The van der Waals surface area contributed by atoms with Gasteiger partial charge in [-0.1, -0.05) is 6.07 Å². The van der Waals surface area contributed by atoms with Gasteiger partial charge in [-0.3, -0.25) is 14.6 Å². The lowest BCUT2D eigenvalue weighted by Gasteiger charge is -2.27. The first-order valence-electron chi connectivity index (χ1n) is 5.91. The van der Waals surface area contributed by atoms with Gasteiger partial charge in [-0.2, -0.15) is 0 Å². The molecule has 0 aliphatic carbocycles. The standard InChI is InChI=1S/C14H12N2O2/c17-10-6-8-16(14(18)9-10)13-5-1-4-12-11(13)3-2-7-15-12/h1-5,7H,6,8-9H2. The number of carbonyl (C=O) groups excluding carboxylic acids is 2. The number of ketones is 1. The van der Waals surface area contributed by atoms with Gasteiger partial charge in [0.15, 0.2) is 0 Å². The molecule has 0 radical (unpaired) electrons. The number of hydrogen-bond acceptors (Lipinski definition) is 3. The Labute approximate surface area is 104 Å². The lowest BCUT2D eigenvalue weighted by atomic mass is 10.1. The van der Waals surface area contributed by atoms with Crippen LogP contribution < -0.4 is 4.90 Å². The molecule has 1 aliphatic rings. The van der Waals surface area contributed by atoms with Crippen molar-refractivity contribution in [2.45, 2.75) is 12.8 Å². The quantitative estimate of drug-likeness (QED) is 0.716. The largest absolute Gasteiger partial charge is 0.311 e. The van der Waals surface area contributed by atoms with E-state index in [1.54, 1.807) is 11.1 Å². The molecule has 1 aliphatic heterocycles. The van der Waals surface area contributed by atoms with Gasteiger partial charge in [-0.15, -0.1) is 0 Å². The molecule has 0 N–H and O–H groups in total. The number of hydrogen-bond donors (Lipinski definition) is 0. The first-order valence-corrected chi connectivity index (χ1v) is 5.91. The predicted molar refractivity (Wildman–Crippen MR) is 68.3 cm³/mol. The molecule has 3 rings (SSSR count). The zero-order chi connectivity index (χ0) is 12.5. The van der Waals surface area contributed by atoms with Gasteiger partial charge in [0.1, 0.15) is 5.78 Å². The predicted octanol–water partition coefficient (Wildman–Crippen LogP) is 1.93. The monoisotopic (exact) mass is 240 g/mol. The van der Waals surface area contributed by atoms with Crippen LogP contribution >= 0.6 is 0 Å². The molecule has 1 aromatic heterocycles. The van der Waals surface area contributed by atoms with Gasteiger partial charge >= 0.3 is 0 Å². The maximum atomic E-state index is 11.9. The summed E-state index contributed by atoms with van der Waals surface area (Å²) in [6.07, 6.45) is 2.17. The summed E-state index contributed by atoms with van der Waals surface area (Å²) in [6, 6.07) is 9.50. The number of amides is 1. The summed E-state index contributed by atoms with van der Waals surface area (Å²) in [5.74, 6) is -0.0998. The number of rotatable bonds is 1. The highest BCUT2D eigenvalue weighted by atomic mass is 16.2. The first kappa shape index (κ1) is 10.9. The minimum atomic E-state index is -0.123. The molecule has 1 saturated heterocycles. The van der Waals surface area contributed by atoms with E-state index in [2.05, 4.69) is 4.98 Å². The molecule has 0 unspecified atom stereocenters. The van der Waals surface area contributed by atoms with Crippen LogP contribution in [0.4, 0.5) is 5.69 Å². The van der Waals surface area contributed by atoms with Crippen LogP contribution in [0.1, 0.15) is 12.8 Å². The summed E-state index contributed by atoms with van der Waals surface area (Å²) in [5, 5.41) is 0.947. The highest BCUT2D eigenvalue weighted by molar-refractivity contribution is 6.11. The van der Waals surface area contributed by atoms with E-state index in [0.29, 0.717) is 13.0 Å². The molecule has 0 saturated carbocycles. The van der Waals surface area contributed by atoms with E-state index in [0.717, 1.165) is 16.6 Å². The van der Waals surface area contributed by atoms with Crippen LogP contribution in [-0.4, -0.2) is 23.2 Å². The molecule has 18 heavy (non-hydrogen) atoms. The Hall–Kier alpha value is -2.23. The summed E-state index contributed by atoms with van der Waals surface area (Å²) in [4.78, 5) is 29.1. The fraction of sp³-hybridized carbons (Fsp3) is 0.214. The number of aromatic nitrogens is 1. The number of carbonyl (C=O) groups is 2. The Balaban J connectivity index is 2.09. The Kier molecular flexibility index (Phi) is 2.55. The maximum absolute atomic E-state index is 11.9. The lowest BCUT2D eigenvalue weighted by molar-refractivity contribution is -0.128. The molecule has 1 aromatic carbocycles. The van der Waals surface area contributed by atoms with Crippen LogP contribution in [0.25, 0.3) is 10.9 Å². The Bertz CT molecular complexity index is 631. The zero-order valence-corrected chi connectivity index (χ0v) is 9.80. The van der Waals surface area contributed by atoms with Crippen molar-refractivity contribution in [3.63, 3.8) is 0 Å². The van der Waals surface area contributed by atoms with Crippen molar-refractivity contribution in [2.24, 2.45) is 0 Å². The van der Waals surface area contributed by atoms with Crippen LogP contribution in [0.5, 0.6) is 0 Å². The first-order chi connectivity index (χ1) is 8.75. The second-order valence-electron chi connectivity index (χ2n) is 4.36. The summed E-state index contributed by atoms with van der Waals surface area (Å²) >= 11 is 0. The third kappa shape index (κ3) is 1.76. The smallest absolute Gasteiger partial charge is 0.234 e. The van der Waals surface area contributed by atoms with Gasteiger partial charge in [0.2, 0.25) is 5.91 Å². The number of anilines is 1. The van der Waals surface area contributed by atoms with E-state index in [9.17, 15) is 9.59 Å². The van der Waals surface area contributed by atoms with Crippen molar-refractivity contribution < 1.29 is 9.59 Å². The van der Waals surface area contributed by atoms with E-state index in [-0.39, 0.29) is 18.1 Å². The molecule has 0 spiro atoms. The van der Waals surface area contributed by atoms with Crippen molar-refractivity contribution in [2.75, 3.05) is 11.4 Å². The van der Waals surface area contributed by atoms with Crippen LogP contribution in [-0.2, 0) is 9.59 Å². The summed E-state index contributed by atoms with van der Waals surface area (Å²) in [7, 11) is 0. The summed E-state index contributed by atoms with van der Waals surface area (Å²) in [6.45, 7) is 0.464. The highest BCUT2D eigenvalue weighted by Gasteiger charge is 2.25. The van der Waals surface area contributed by atoms with E-state index in [1.807, 2.05) is 30.3 Å². The fourth-order valence-corrected chi connectivity index (χ4v) is 2.29. The Morgan fingerprint density at radius 3 is 2.83 bits per heavy atom. The van der Waals surface area contributed by atoms with E-state index < -0.39 is 0 Å². The molecule has 90 valence electrons. The second kappa shape index (κ2) is 4.22. The van der Waals surface area contributed by atoms with E-state index in [4.69, 9.17) is 0 Å². The van der Waals surface area contributed by atoms with Crippen molar-refractivity contribution in [1.29, 1.82) is 0 Å². The molecule has 4 heteroatoms. The minimum absolute atomic E-state index is 0.0106. The van der Waals surface area contributed by atoms with E-state index in [1.165, 1.54) is 0 Å². The zero-order valence-electron chi connectivity index (χ0n) is 9.80. The van der Waals surface area contributed by atoms with E-state index >= 15 is 0 Å². The number of piperidine rings is 1. The Morgan fingerprint density at radius 2 is 2.00 bits per heavy atom. The highest BCUT2D eigenvalue weighted by Crippen LogP contribution is 2.27. The lowest BCUT2D eigenvalue weighted by Crippen LogP contribution is -2.39. The number of Topliss-reactive ketones (excluding diaryl/α,β-unsaturated/α-hetero) is 1. The average Bonchev–Trinajstić information content (AvgIpc) is 2.38. The van der Waals surface area contributed by atoms with Crippen LogP contribution in [0.15, 0.2) is 36.5 Å². The van der Waals surface area contributed by atoms with Gasteiger partial charge < -0.3 is 4.90 Å². The Morgan fingerprint density at radius 1 is 1.11 bits per heavy atom. The third-order valence-corrected chi connectivity index (χ3v) is 3.18. The second-order valence-corrected chi connectivity index (χ2v) is 4.36. The molecular formula is C14H12N2O2. The molecule has 0 bridgehead atoms. The van der Waals surface area contributed by atoms with Gasteiger partial charge in [-0.05, 0) is 24.3 Å². The molecule has 4 nitrogen and oxygen atoms in total. The molecule has 1 amide bonds. The van der Waals surface area contributed by atoms with Gasteiger partial charge in [0.25, 0.3) is 0 Å². The van der Waals surface area contributed by atoms with Crippen LogP contribution in [0.2, 0.25) is 0 Å². The normalized spacial score (nSPS) is 16.3. The van der Waals surface area contributed by atoms with Gasteiger partial charge in [-0.25, -0.2) is 0 Å². The SMILES string of the molecule is O=C1CCN(c2cccc3ncccc23)C(=O)C1. The molecule has 0 atom stereocenters. The minimum Gasteiger partial charge on any atom is -0.311 e. The van der Waals surface area contributed by atoms with Crippen LogP contribution in [0, 0.1) is 0 Å². The van der Waals surface area contributed by atoms with Gasteiger partial charge in [0.05, 0.1) is 17.6 Å². The number of benzene rings is 1. The number of pyridine rings is 1. The molecule has 1 fully saturated rings. The topological polar surface area (TPSA) is 50.3 Å². The molecule has 2 heterocycles. The number of fused-ring (bicyclic) bond motifs is 1. The van der Waals surface area contributed by atoms with Gasteiger partial charge in [0, 0.05) is 24.5 Å². The summed E-state index contributed by atoms with van der Waals surface area (Å²) < 4.78 is 0.